The van der Waals surface area contributed by atoms with Gasteiger partial charge in [0.25, 0.3) is 10.6 Å². The lowest BCUT2D eigenvalue weighted by molar-refractivity contribution is -0.389. The third kappa shape index (κ3) is 2.97. The second kappa shape index (κ2) is 6.01. The Balaban J connectivity index is 1.69. The maximum absolute atomic E-state index is 11.2. The van der Waals surface area contributed by atoms with Crippen molar-refractivity contribution in [3.63, 3.8) is 0 Å². The number of nitrogens with zero attached hydrogens (tertiary/aromatic N) is 4. The van der Waals surface area contributed by atoms with E-state index in [9.17, 15) is 20.2 Å². The highest BCUT2D eigenvalue weighted by Gasteiger charge is 2.23. The van der Waals surface area contributed by atoms with Crippen molar-refractivity contribution in [3.8, 4) is 0 Å². The number of hydrogen-bond donors (Lipinski definition) is 1. The van der Waals surface area contributed by atoms with Crippen molar-refractivity contribution >= 4 is 33.6 Å². The average Bonchev–Trinajstić information content (AvgIpc) is 3.07. The molecule has 0 radical (unpaired) electrons. The summed E-state index contributed by atoms with van der Waals surface area (Å²) in [5.41, 5.74) is 0.929. The van der Waals surface area contributed by atoms with Crippen molar-refractivity contribution in [3.05, 3.63) is 61.6 Å². The van der Waals surface area contributed by atoms with E-state index in [-0.39, 0.29) is 17.3 Å². The van der Waals surface area contributed by atoms with E-state index in [4.69, 9.17) is 0 Å². The molecular weight excluding hydrogens is 322 g/mol. The van der Waals surface area contributed by atoms with Crippen molar-refractivity contribution in [1.82, 2.24) is 9.38 Å². The first-order chi connectivity index (χ1) is 11.1. The zero-order valence-electron chi connectivity index (χ0n) is 11.7. The molecule has 0 amide bonds. The highest BCUT2D eigenvalue weighted by molar-refractivity contribution is 7.15. The van der Waals surface area contributed by atoms with Gasteiger partial charge in [-0.1, -0.05) is 23.5 Å². The van der Waals surface area contributed by atoms with E-state index in [0.717, 1.165) is 5.56 Å². The molecule has 0 saturated heterocycles. The summed E-state index contributed by atoms with van der Waals surface area (Å²) in [7, 11) is 0. The van der Waals surface area contributed by atoms with Crippen LogP contribution >= 0.6 is 11.3 Å². The summed E-state index contributed by atoms with van der Waals surface area (Å²) in [6, 6.07) is 6.20. The smallest absolute Gasteiger partial charge is 0.363 e. The lowest BCUT2D eigenvalue weighted by Crippen LogP contribution is -2.07. The summed E-state index contributed by atoms with van der Waals surface area (Å²) in [6.45, 7) is 0.434. The quantitative estimate of drug-likeness (QED) is 0.548. The summed E-state index contributed by atoms with van der Waals surface area (Å²) >= 11 is 1.32. The van der Waals surface area contributed by atoms with E-state index in [1.54, 1.807) is 23.7 Å². The number of nitrogens with one attached hydrogen (secondary N) is 1. The number of imidazole rings is 1. The van der Waals surface area contributed by atoms with Crippen molar-refractivity contribution in [2.75, 3.05) is 11.9 Å². The van der Waals surface area contributed by atoms with Crippen molar-refractivity contribution < 1.29 is 9.85 Å². The highest BCUT2D eigenvalue weighted by atomic mass is 32.1. The van der Waals surface area contributed by atoms with Gasteiger partial charge in [-0.05, 0) is 16.9 Å². The van der Waals surface area contributed by atoms with Gasteiger partial charge >= 0.3 is 5.82 Å². The molecule has 0 fully saturated rings. The van der Waals surface area contributed by atoms with Gasteiger partial charge in [-0.2, -0.15) is 9.38 Å². The molecule has 0 aliphatic rings. The van der Waals surface area contributed by atoms with Crippen LogP contribution < -0.4 is 5.32 Å². The number of benzene rings is 1. The molecule has 0 unspecified atom stereocenters. The number of nitro benzene ring substituents is 1. The predicted molar refractivity (Wildman–Crippen MR) is 85.0 cm³/mol. The largest absolute Gasteiger partial charge is 0.372 e. The zero-order valence-corrected chi connectivity index (χ0v) is 12.5. The molecule has 0 atom stereocenters. The van der Waals surface area contributed by atoms with Gasteiger partial charge in [-0.15, -0.1) is 0 Å². The molecular formula is C13H11N5O4S. The van der Waals surface area contributed by atoms with Gasteiger partial charge in [0.2, 0.25) is 5.82 Å². The summed E-state index contributed by atoms with van der Waals surface area (Å²) < 4.78 is 1.43. The van der Waals surface area contributed by atoms with E-state index in [2.05, 4.69) is 10.3 Å². The number of non-ortho nitro benzene ring substituents is 1. The standard InChI is InChI=1S/C13H11N5O4S/c19-17(20)10-3-1-9(2-4-10)5-6-14-11-12(18(21)22)16-7-8-23-13(16)15-11/h1-4,7-8,14H,5-6H2. The molecule has 0 aliphatic carbocycles. The van der Waals surface area contributed by atoms with E-state index in [1.165, 1.54) is 27.9 Å². The topological polar surface area (TPSA) is 116 Å². The molecule has 9 nitrogen and oxygen atoms in total. The molecule has 2 heterocycles. The van der Waals surface area contributed by atoms with Gasteiger partial charge in [-0.3, -0.25) is 10.1 Å². The fourth-order valence-corrected chi connectivity index (χ4v) is 2.89. The Morgan fingerprint density at radius 1 is 1.17 bits per heavy atom. The number of nitro groups is 2. The fraction of sp³-hybridized carbons (Fsp3) is 0.154. The number of aromatic nitrogens is 2. The van der Waals surface area contributed by atoms with Crippen molar-refractivity contribution in [2.24, 2.45) is 0 Å². The van der Waals surface area contributed by atoms with Crippen LogP contribution in [0.4, 0.5) is 17.3 Å². The molecule has 0 aliphatic heterocycles. The third-order valence-corrected chi connectivity index (χ3v) is 4.02. The number of anilines is 1. The highest BCUT2D eigenvalue weighted by Crippen LogP contribution is 2.27. The van der Waals surface area contributed by atoms with Gasteiger partial charge in [0.05, 0.1) is 4.92 Å². The number of hydrogen-bond acceptors (Lipinski definition) is 7. The van der Waals surface area contributed by atoms with Gasteiger partial charge < -0.3 is 15.4 Å². The molecule has 23 heavy (non-hydrogen) atoms. The second-order valence-electron chi connectivity index (χ2n) is 4.70. The van der Waals surface area contributed by atoms with Crippen LogP contribution in [0.25, 0.3) is 4.96 Å². The van der Waals surface area contributed by atoms with Gasteiger partial charge in [0.1, 0.15) is 6.20 Å². The Kier molecular flexibility index (Phi) is 3.89. The first-order valence-corrected chi connectivity index (χ1v) is 7.51. The molecule has 3 aromatic rings. The van der Waals surface area contributed by atoms with Gasteiger partial charge in [0, 0.05) is 24.1 Å². The average molecular weight is 333 g/mol. The van der Waals surface area contributed by atoms with E-state index < -0.39 is 9.85 Å². The minimum atomic E-state index is -0.471. The van der Waals surface area contributed by atoms with Crippen LogP contribution in [0.5, 0.6) is 0 Å². The summed E-state index contributed by atoms with van der Waals surface area (Å²) in [5.74, 6) is 0.133. The Hall–Kier alpha value is -3.01. The molecule has 1 aromatic carbocycles. The van der Waals surface area contributed by atoms with Crippen molar-refractivity contribution in [2.45, 2.75) is 6.42 Å². The molecule has 3 rings (SSSR count). The SMILES string of the molecule is O=[N+]([O-])c1ccc(CCNc2nc3sccn3c2[N+](=O)[O-])cc1. The molecule has 10 heteroatoms. The zero-order chi connectivity index (χ0) is 16.4. The van der Waals surface area contributed by atoms with Crippen LogP contribution in [0.2, 0.25) is 0 Å². The number of thiazole rings is 1. The van der Waals surface area contributed by atoms with Crippen LogP contribution in [-0.2, 0) is 6.42 Å². The maximum Gasteiger partial charge on any atom is 0.372 e. The van der Waals surface area contributed by atoms with Crippen molar-refractivity contribution in [1.29, 1.82) is 0 Å². The predicted octanol–water partition coefficient (Wildman–Crippen LogP) is 2.87. The Morgan fingerprint density at radius 2 is 1.91 bits per heavy atom. The van der Waals surface area contributed by atoms with Gasteiger partial charge in [0.15, 0.2) is 0 Å². The third-order valence-electron chi connectivity index (χ3n) is 3.26. The summed E-state index contributed by atoms with van der Waals surface area (Å²) in [4.78, 5) is 25.6. The van der Waals surface area contributed by atoms with Crippen LogP contribution in [0.3, 0.4) is 0 Å². The van der Waals surface area contributed by atoms with Crippen LogP contribution in [0.15, 0.2) is 35.8 Å². The van der Waals surface area contributed by atoms with Gasteiger partial charge in [-0.25, -0.2) is 0 Å². The second-order valence-corrected chi connectivity index (χ2v) is 5.57. The summed E-state index contributed by atoms with van der Waals surface area (Å²) in [5, 5.41) is 26.5. The van der Waals surface area contributed by atoms with E-state index in [1.807, 2.05) is 0 Å². The van der Waals surface area contributed by atoms with Crippen LogP contribution in [0.1, 0.15) is 5.56 Å². The first-order valence-electron chi connectivity index (χ1n) is 6.63. The monoisotopic (exact) mass is 333 g/mol. The number of rotatable bonds is 6. The molecule has 0 spiro atoms. The fourth-order valence-electron chi connectivity index (χ4n) is 2.18. The molecule has 0 bridgehead atoms. The first kappa shape index (κ1) is 14.9. The van der Waals surface area contributed by atoms with Crippen LogP contribution in [-0.4, -0.2) is 25.8 Å². The molecule has 0 saturated carbocycles. The maximum atomic E-state index is 11.2. The Morgan fingerprint density at radius 3 is 2.57 bits per heavy atom. The normalized spacial score (nSPS) is 10.8. The molecule has 118 valence electrons. The lowest BCUT2D eigenvalue weighted by Gasteiger charge is -2.03. The Bertz CT molecular complexity index is 870. The Labute approximate surface area is 133 Å². The molecule has 2 aromatic heterocycles. The molecule has 1 N–H and O–H groups in total. The van der Waals surface area contributed by atoms with E-state index >= 15 is 0 Å². The number of fused-ring (bicyclic) bond motifs is 1. The lowest BCUT2D eigenvalue weighted by atomic mass is 10.1. The van der Waals surface area contributed by atoms with Crippen LogP contribution in [0, 0.1) is 20.2 Å². The minimum absolute atomic E-state index is 0.0340. The minimum Gasteiger partial charge on any atom is -0.363 e. The van der Waals surface area contributed by atoms with E-state index in [0.29, 0.717) is 17.9 Å². The summed E-state index contributed by atoms with van der Waals surface area (Å²) in [6.07, 6.45) is 2.17.